The smallest absolute Gasteiger partial charge is 0.225 e. The normalized spacial score (nSPS) is 16.1. The summed E-state index contributed by atoms with van der Waals surface area (Å²) in [5, 5.41) is 0. The molecule has 0 aliphatic heterocycles. The molecule has 1 fully saturated rings. The van der Waals surface area contributed by atoms with Gasteiger partial charge in [-0.1, -0.05) is 47.0 Å². The van der Waals surface area contributed by atoms with Crippen LogP contribution in [0.1, 0.15) is 31.2 Å². The van der Waals surface area contributed by atoms with Crippen molar-refractivity contribution in [1.29, 1.82) is 0 Å². The van der Waals surface area contributed by atoms with E-state index < -0.39 is 0 Å². The van der Waals surface area contributed by atoms with Crippen molar-refractivity contribution in [2.24, 2.45) is 5.92 Å². The van der Waals surface area contributed by atoms with Gasteiger partial charge in [0.25, 0.3) is 0 Å². The van der Waals surface area contributed by atoms with Gasteiger partial charge in [-0.2, -0.15) is 0 Å². The van der Waals surface area contributed by atoms with E-state index in [0.29, 0.717) is 12.5 Å². The van der Waals surface area contributed by atoms with Crippen LogP contribution in [-0.2, 0) is 11.3 Å². The first-order valence-electron chi connectivity index (χ1n) is 6.17. The zero-order valence-electron chi connectivity index (χ0n) is 10.2. The van der Waals surface area contributed by atoms with E-state index in [1.54, 1.807) is 0 Å². The fourth-order valence-corrected chi connectivity index (χ4v) is 2.85. The van der Waals surface area contributed by atoms with E-state index in [-0.39, 0.29) is 5.92 Å². The highest BCUT2D eigenvalue weighted by molar-refractivity contribution is 9.10. The lowest BCUT2D eigenvalue weighted by molar-refractivity contribution is -0.134. The molecule has 1 aliphatic carbocycles. The number of rotatable bonds is 3. The van der Waals surface area contributed by atoms with Crippen molar-refractivity contribution in [3.05, 3.63) is 34.3 Å². The molecule has 0 N–H and O–H groups in total. The Morgan fingerprint density at radius 1 is 1.35 bits per heavy atom. The van der Waals surface area contributed by atoms with Gasteiger partial charge in [-0.05, 0) is 24.5 Å². The fourth-order valence-electron chi connectivity index (χ4n) is 2.44. The highest BCUT2D eigenvalue weighted by Gasteiger charge is 2.25. The van der Waals surface area contributed by atoms with Gasteiger partial charge in [0.15, 0.2) is 0 Å². The number of carbonyl (C=O) groups is 1. The summed E-state index contributed by atoms with van der Waals surface area (Å²) >= 11 is 3.52. The zero-order valence-corrected chi connectivity index (χ0v) is 11.7. The van der Waals surface area contributed by atoms with Gasteiger partial charge in [-0.25, -0.2) is 0 Å². The van der Waals surface area contributed by atoms with Crippen LogP contribution in [0.2, 0.25) is 0 Å². The molecule has 3 heteroatoms. The van der Waals surface area contributed by atoms with Crippen molar-refractivity contribution in [3.63, 3.8) is 0 Å². The van der Waals surface area contributed by atoms with E-state index in [1.807, 2.05) is 30.1 Å². The summed E-state index contributed by atoms with van der Waals surface area (Å²) in [6.07, 6.45) is 4.55. The molecule has 1 saturated carbocycles. The first-order chi connectivity index (χ1) is 8.18. The van der Waals surface area contributed by atoms with Crippen LogP contribution in [0.4, 0.5) is 0 Å². The molecule has 1 aromatic rings. The standard InChI is InChI=1S/C14H18BrNO/c1-16(14(17)11-6-2-3-7-11)10-12-8-4-5-9-13(12)15/h4-5,8-9,11H,2-3,6-7,10H2,1H3. The van der Waals surface area contributed by atoms with Crippen molar-refractivity contribution >= 4 is 21.8 Å². The molecule has 1 amide bonds. The van der Waals surface area contributed by atoms with Crippen LogP contribution >= 0.6 is 15.9 Å². The lowest BCUT2D eigenvalue weighted by Crippen LogP contribution is -2.31. The Morgan fingerprint density at radius 2 is 2.00 bits per heavy atom. The Kier molecular flexibility index (Phi) is 4.21. The van der Waals surface area contributed by atoms with Gasteiger partial charge in [0.1, 0.15) is 0 Å². The molecule has 0 aromatic heterocycles. The third-order valence-electron chi connectivity index (χ3n) is 3.45. The van der Waals surface area contributed by atoms with Crippen molar-refractivity contribution in [3.8, 4) is 0 Å². The van der Waals surface area contributed by atoms with Crippen molar-refractivity contribution < 1.29 is 4.79 Å². The molecule has 0 spiro atoms. The van der Waals surface area contributed by atoms with Crippen LogP contribution in [0, 0.1) is 5.92 Å². The third kappa shape index (κ3) is 3.09. The summed E-state index contributed by atoms with van der Waals surface area (Å²) in [7, 11) is 1.90. The third-order valence-corrected chi connectivity index (χ3v) is 4.22. The molecular formula is C14H18BrNO. The minimum Gasteiger partial charge on any atom is -0.341 e. The molecule has 2 rings (SSSR count). The minimum absolute atomic E-state index is 0.266. The van der Waals surface area contributed by atoms with Crippen molar-refractivity contribution in [2.45, 2.75) is 32.2 Å². The molecule has 1 aromatic carbocycles. The Labute approximate surface area is 111 Å². The Morgan fingerprint density at radius 3 is 2.65 bits per heavy atom. The van der Waals surface area contributed by atoms with Crippen LogP contribution < -0.4 is 0 Å². The first kappa shape index (κ1) is 12.6. The molecule has 2 nitrogen and oxygen atoms in total. The first-order valence-corrected chi connectivity index (χ1v) is 6.96. The number of amides is 1. The van der Waals surface area contributed by atoms with E-state index in [2.05, 4.69) is 22.0 Å². The average molecular weight is 296 g/mol. The predicted octanol–water partition coefficient (Wildman–Crippen LogP) is 3.60. The largest absolute Gasteiger partial charge is 0.341 e. The van der Waals surface area contributed by atoms with Crippen molar-refractivity contribution in [2.75, 3.05) is 7.05 Å². The highest BCUT2D eigenvalue weighted by Crippen LogP contribution is 2.27. The van der Waals surface area contributed by atoms with Crippen LogP contribution in [-0.4, -0.2) is 17.9 Å². The molecule has 0 bridgehead atoms. The maximum atomic E-state index is 12.2. The van der Waals surface area contributed by atoms with Gasteiger partial charge >= 0.3 is 0 Å². The quantitative estimate of drug-likeness (QED) is 0.834. The average Bonchev–Trinajstić information content (AvgIpc) is 2.84. The number of halogens is 1. The van der Waals surface area contributed by atoms with Crippen LogP contribution in [0.3, 0.4) is 0 Å². The Hall–Kier alpha value is -0.830. The number of hydrogen-bond acceptors (Lipinski definition) is 1. The Balaban J connectivity index is 1.99. The van der Waals surface area contributed by atoms with Crippen LogP contribution in [0.15, 0.2) is 28.7 Å². The van der Waals surface area contributed by atoms with Crippen LogP contribution in [0.5, 0.6) is 0 Å². The number of hydrogen-bond donors (Lipinski definition) is 0. The van der Waals surface area contributed by atoms with Gasteiger partial charge in [0.2, 0.25) is 5.91 Å². The summed E-state index contributed by atoms with van der Waals surface area (Å²) in [5.41, 5.74) is 1.17. The van der Waals surface area contributed by atoms with E-state index in [0.717, 1.165) is 17.3 Å². The molecular weight excluding hydrogens is 278 g/mol. The molecule has 0 heterocycles. The molecule has 0 saturated heterocycles. The van der Waals surface area contributed by atoms with Gasteiger partial charge in [-0.3, -0.25) is 4.79 Å². The zero-order chi connectivity index (χ0) is 12.3. The number of benzene rings is 1. The summed E-state index contributed by atoms with van der Waals surface area (Å²) < 4.78 is 1.08. The van der Waals surface area contributed by atoms with Crippen LogP contribution in [0.25, 0.3) is 0 Å². The van der Waals surface area contributed by atoms with Gasteiger partial charge in [-0.15, -0.1) is 0 Å². The maximum absolute atomic E-state index is 12.2. The highest BCUT2D eigenvalue weighted by atomic mass is 79.9. The topological polar surface area (TPSA) is 20.3 Å². The maximum Gasteiger partial charge on any atom is 0.225 e. The van der Waals surface area contributed by atoms with Crippen molar-refractivity contribution in [1.82, 2.24) is 4.90 Å². The van der Waals surface area contributed by atoms with E-state index in [9.17, 15) is 4.79 Å². The lowest BCUT2D eigenvalue weighted by atomic mass is 10.1. The summed E-state index contributed by atoms with van der Waals surface area (Å²) in [6.45, 7) is 0.691. The monoisotopic (exact) mass is 295 g/mol. The molecule has 0 radical (unpaired) electrons. The molecule has 17 heavy (non-hydrogen) atoms. The van der Waals surface area contributed by atoms with Gasteiger partial charge < -0.3 is 4.90 Å². The summed E-state index contributed by atoms with van der Waals surface area (Å²) in [5.74, 6) is 0.570. The van der Waals surface area contributed by atoms with Gasteiger partial charge in [0.05, 0.1) is 0 Å². The lowest BCUT2D eigenvalue weighted by Gasteiger charge is -2.21. The van der Waals surface area contributed by atoms with Gasteiger partial charge in [0, 0.05) is 24.0 Å². The number of carbonyl (C=O) groups excluding carboxylic acids is 1. The second-order valence-electron chi connectivity index (χ2n) is 4.77. The molecule has 0 unspecified atom stereocenters. The van der Waals surface area contributed by atoms with E-state index >= 15 is 0 Å². The number of nitrogens with zero attached hydrogens (tertiary/aromatic N) is 1. The molecule has 1 aliphatic rings. The second kappa shape index (κ2) is 5.67. The Bertz CT molecular complexity index is 399. The summed E-state index contributed by atoms with van der Waals surface area (Å²) in [4.78, 5) is 14.0. The minimum atomic E-state index is 0.266. The van der Waals surface area contributed by atoms with E-state index in [1.165, 1.54) is 18.4 Å². The molecule has 92 valence electrons. The van der Waals surface area contributed by atoms with E-state index in [4.69, 9.17) is 0 Å². The SMILES string of the molecule is CN(Cc1ccccc1Br)C(=O)C1CCCC1. The molecule has 0 atom stereocenters. The fraction of sp³-hybridized carbons (Fsp3) is 0.500. The summed E-state index contributed by atoms with van der Waals surface area (Å²) in [6, 6.07) is 8.08. The predicted molar refractivity (Wildman–Crippen MR) is 72.6 cm³/mol. The second-order valence-corrected chi connectivity index (χ2v) is 5.62.